The summed E-state index contributed by atoms with van der Waals surface area (Å²) in [6.07, 6.45) is 1.61. The van der Waals surface area contributed by atoms with Crippen LogP contribution in [0.2, 0.25) is 0 Å². The van der Waals surface area contributed by atoms with E-state index in [1.165, 1.54) is 0 Å². The van der Waals surface area contributed by atoms with Crippen molar-refractivity contribution in [1.82, 2.24) is 0 Å². The van der Waals surface area contributed by atoms with Crippen molar-refractivity contribution in [2.24, 2.45) is 11.1 Å². The lowest BCUT2D eigenvalue weighted by Gasteiger charge is -2.04. The van der Waals surface area contributed by atoms with E-state index in [1.807, 2.05) is 0 Å². The third kappa shape index (κ3) is 3.69. The first-order valence-corrected chi connectivity index (χ1v) is 5.38. The molecule has 0 saturated carbocycles. The van der Waals surface area contributed by atoms with E-state index in [4.69, 9.17) is 9.88 Å². The number of hydrogen-bond acceptors (Lipinski definition) is 3. The molecule has 1 fully saturated rings. The van der Waals surface area contributed by atoms with Gasteiger partial charge in [0.15, 0.2) is 0 Å². The van der Waals surface area contributed by atoms with E-state index in [-0.39, 0.29) is 5.75 Å². The summed E-state index contributed by atoms with van der Waals surface area (Å²) in [5.41, 5.74) is 0. The van der Waals surface area contributed by atoms with Crippen molar-refractivity contribution in [2.45, 2.75) is 12.8 Å². The highest BCUT2D eigenvalue weighted by atomic mass is 32.2. The molecule has 0 amide bonds. The zero-order valence-electron chi connectivity index (χ0n) is 6.32. The van der Waals surface area contributed by atoms with Crippen LogP contribution in [0, 0.1) is 5.92 Å². The van der Waals surface area contributed by atoms with Crippen LogP contribution in [-0.2, 0) is 14.8 Å². The molecule has 0 radical (unpaired) electrons. The number of ether oxygens (including phenoxy) is 1. The molecule has 0 spiro atoms. The fraction of sp³-hybridized carbons (Fsp3) is 1.00. The van der Waals surface area contributed by atoms with E-state index in [9.17, 15) is 8.42 Å². The van der Waals surface area contributed by atoms with Gasteiger partial charge in [-0.1, -0.05) is 0 Å². The van der Waals surface area contributed by atoms with E-state index in [0.717, 1.165) is 13.0 Å². The van der Waals surface area contributed by atoms with Crippen LogP contribution in [0.1, 0.15) is 12.8 Å². The molecule has 1 saturated heterocycles. The maximum Gasteiger partial charge on any atom is 0.209 e. The zero-order chi connectivity index (χ0) is 8.32. The molecule has 11 heavy (non-hydrogen) atoms. The van der Waals surface area contributed by atoms with Crippen LogP contribution in [0.25, 0.3) is 0 Å². The summed E-state index contributed by atoms with van der Waals surface area (Å²) < 4.78 is 26.1. The molecule has 5 heteroatoms. The Morgan fingerprint density at radius 3 is 2.73 bits per heavy atom. The molecule has 1 atom stereocenters. The second-order valence-corrected chi connectivity index (χ2v) is 4.62. The molecule has 1 aliphatic heterocycles. The van der Waals surface area contributed by atoms with Crippen LogP contribution >= 0.6 is 0 Å². The fourth-order valence-electron chi connectivity index (χ4n) is 1.14. The van der Waals surface area contributed by atoms with Crippen molar-refractivity contribution in [3.05, 3.63) is 0 Å². The van der Waals surface area contributed by atoms with Crippen LogP contribution < -0.4 is 5.14 Å². The monoisotopic (exact) mass is 179 g/mol. The van der Waals surface area contributed by atoms with Crippen LogP contribution in [0.5, 0.6) is 0 Å². The Morgan fingerprint density at radius 2 is 2.27 bits per heavy atom. The number of sulfonamides is 1. The van der Waals surface area contributed by atoms with Crippen LogP contribution in [0.4, 0.5) is 0 Å². The Labute approximate surface area is 66.8 Å². The van der Waals surface area contributed by atoms with Crippen LogP contribution in [0.15, 0.2) is 0 Å². The van der Waals surface area contributed by atoms with Gasteiger partial charge >= 0.3 is 0 Å². The predicted molar refractivity (Wildman–Crippen MR) is 41.5 cm³/mol. The number of primary sulfonamides is 1. The summed E-state index contributed by atoms with van der Waals surface area (Å²) in [5, 5.41) is 4.84. The first kappa shape index (κ1) is 8.96. The second-order valence-electron chi connectivity index (χ2n) is 2.89. The maximum absolute atomic E-state index is 10.5. The van der Waals surface area contributed by atoms with Gasteiger partial charge in [-0.05, 0) is 18.8 Å². The van der Waals surface area contributed by atoms with Gasteiger partial charge in [0.25, 0.3) is 0 Å². The summed E-state index contributed by atoms with van der Waals surface area (Å²) in [7, 11) is -3.27. The average molecular weight is 179 g/mol. The van der Waals surface area contributed by atoms with Gasteiger partial charge in [0.2, 0.25) is 10.0 Å². The Bertz CT molecular complexity index is 206. The van der Waals surface area contributed by atoms with E-state index in [2.05, 4.69) is 0 Å². The number of rotatable bonds is 3. The lowest BCUT2D eigenvalue weighted by Crippen LogP contribution is -2.18. The largest absolute Gasteiger partial charge is 0.381 e. The van der Waals surface area contributed by atoms with Crippen molar-refractivity contribution in [2.75, 3.05) is 19.0 Å². The Balaban J connectivity index is 2.22. The first-order valence-electron chi connectivity index (χ1n) is 3.66. The van der Waals surface area contributed by atoms with Crippen molar-refractivity contribution >= 4 is 10.0 Å². The lowest BCUT2D eigenvalue weighted by molar-refractivity contribution is 0.185. The summed E-state index contributed by atoms with van der Waals surface area (Å²) in [5.74, 6) is 0.481. The topological polar surface area (TPSA) is 69.4 Å². The highest BCUT2D eigenvalue weighted by Gasteiger charge is 2.17. The molecule has 0 bridgehead atoms. The molecule has 1 aliphatic rings. The normalized spacial score (nSPS) is 25.7. The van der Waals surface area contributed by atoms with Crippen LogP contribution in [0.3, 0.4) is 0 Å². The van der Waals surface area contributed by atoms with E-state index in [0.29, 0.717) is 18.9 Å². The van der Waals surface area contributed by atoms with Gasteiger partial charge in [-0.25, -0.2) is 13.6 Å². The summed E-state index contributed by atoms with van der Waals surface area (Å²) in [4.78, 5) is 0. The van der Waals surface area contributed by atoms with Gasteiger partial charge in [-0.2, -0.15) is 0 Å². The minimum atomic E-state index is -3.27. The van der Waals surface area contributed by atoms with Crippen molar-refractivity contribution < 1.29 is 13.2 Å². The molecule has 1 heterocycles. The highest BCUT2D eigenvalue weighted by molar-refractivity contribution is 7.89. The quantitative estimate of drug-likeness (QED) is 0.646. The Hall–Kier alpha value is -0.130. The van der Waals surface area contributed by atoms with E-state index >= 15 is 0 Å². The van der Waals surface area contributed by atoms with Gasteiger partial charge in [0.05, 0.1) is 5.75 Å². The molecule has 2 N–H and O–H groups in total. The summed E-state index contributed by atoms with van der Waals surface area (Å²) in [6, 6.07) is 0. The molecule has 0 aliphatic carbocycles. The molecule has 1 rings (SSSR count). The zero-order valence-corrected chi connectivity index (χ0v) is 7.14. The standard InChI is InChI=1S/C6H13NO3S/c7-11(8,9)4-2-6-1-3-10-5-6/h6H,1-5H2,(H2,7,8,9). The lowest BCUT2D eigenvalue weighted by atomic mass is 10.1. The predicted octanol–water partition coefficient (Wildman–Crippen LogP) is -0.298. The SMILES string of the molecule is NS(=O)(=O)CCC1CCOC1. The van der Waals surface area contributed by atoms with E-state index in [1.54, 1.807) is 0 Å². The Kier molecular flexibility index (Phi) is 2.86. The number of nitrogens with two attached hydrogens (primary N) is 1. The molecular weight excluding hydrogens is 166 g/mol. The fourth-order valence-corrected chi connectivity index (χ4v) is 1.80. The third-order valence-electron chi connectivity index (χ3n) is 1.83. The minimum Gasteiger partial charge on any atom is -0.381 e. The van der Waals surface area contributed by atoms with Crippen LogP contribution in [-0.4, -0.2) is 27.4 Å². The van der Waals surface area contributed by atoms with E-state index < -0.39 is 10.0 Å². The molecule has 66 valence electrons. The highest BCUT2D eigenvalue weighted by Crippen LogP contribution is 2.16. The van der Waals surface area contributed by atoms with Crippen molar-refractivity contribution in [3.8, 4) is 0 Å². The second kappa shape index (κ2) is 3.51. The van der Waals surface area contributed by atoms with Crippen molar-refractivity contribution in [3.63, 3.8) is 0 Å². The minimum absolute atomic E-state index is 0.0844. The molecule has 0 aromatic carbocycles. The third-order valence-corrected chi connectivity index (χ3v) is 2.64. The average Bonchev–Trinajstić information content (AvgIpc) is 2.32. The molecule has 0 aromatic rings. The molecular formula is C6H13NO3S. The molecule has 4 nitrogen and oxygen atoms in total. The first-order chi connectivity index (χ1) is 5.08. The van der Waals surface area contributed by atoms with Gasteiger partial charge < -0.3 is 4.74 Å². The molecule has 0 aromatic heterocycles. The Morgan fingerprint density at radius 1 is 1.55 bits per heavy atom. The van der Waals surface area contributed by atoms with Gasteiger partial charge in [-0.15, -0.1) is 0 Å². The smallest absolute Gasteiger partial charge is 0.209 e. The van der Waals surface area contributed by atoms with Gasteiger partial charge in [0.1, 0.15) is 0 Å². The van der Waals surface area contributed by atoms with Gasteiger partial charge in [-0.3, -0.25) is 0 Å². The summed E-state index contributed by atoms with van der Waals surface area (Å²) in [6.45, 7) is 1.45. The van der Waals surface area contributed by atoms with Crippen molar-refractivity contribution in [1.29, 1.82) is 0 Å². The number of hydrogen-bond donors (Lipinski definition) is 1. The maximum atomic E-state index is 10.5. The van der Waals surface area contributed by atoms with Gasteiger partial charge in [0, 0.05) is 13.2 Å². The summed E-state index contributed by atoms with van der Waals surface area (Å²) >= 11 is 0. The molecule has 1 unspecified atom stereocenters.